The molecule has 0 amide bonds. The Morgan fingerprint density at radius 1 is 1.10 bits per heavy atom. The summed E-state index contributed by atoms with van der Waals surface area (Å²) < 4.78 is 6.73. The fraction of sp³-hybridized carbons (Fsp3) is 0.150. The quantitative estimate of drug-likeness (QED) is 0.397. The summed E-state index contributed by atoms with van der Waals surface area (Å²) in [4.78, 5) is 11.7. The van der Waals surface area contributed by atoms with Crippen molar-refractivity contribution in [2.45, 2.75) is 13.5 Å². The zero-order valence-electron chi connectivity index (χ0n) is 15.5. The van der Waals surface area contributed by atoms with Crippen LogP contribution in [0.1, 0.15) is 22.8 Å². The van der Waals surface area contributed by atoms with E-state index in [9.17, 15) is 4.79 Å². The highest BCUT2D eigenvalue weighted by molar-refractivity contribution is 7.80. The first-order valence-electron chi connectivity index (χ1n) is 8.77. The molecule has 29 heavy (non-hydrogen) atoms. The molecule has 0 aliphatic carbocycles. The van der Waals surface area contributed by atoms with Crippen molar-refractivity contribution in [3.05, 3.63) is 75.9 Å². The molecule has 150 valence electrons. The monoisotopic (exact) mass is 448 g/mol. The smallest absolute Gasteiger partial charge is 0.338 e. The fourth-order valence-electron chi connectivity index (χ4n) is 2.52. The van der Waals surface area contributed by atoms with E-state index in [2.05, 4.69) is 15.7 Å². The summed E-state index contributed by atoms with van der Waals surface area (Å²) in [6.07, 6.45) is 1.83. The van der Waals surface area contributed by atoms with E-state index in [0.717, 1.165) is 11.3 Å². The molecule has 0 atom stereocenters. The third-order valence-corrected chi connectivity index (χ3v) is 4.81. The van der Waals surface area contributed by atoms with Gasteiger partial charge in [0.25, 0.3) is 0 Å². The Morgan fingerprint density at radius 3 is 2.55 bits per heavy atom. The molecule has 6 nitrogen and oxygen atoms in total. The molecule has 0 bridgehead atoms. The van der Waals surface area contributed by atoms with Crippen LogP contribution >= 0.6 is 35.4 Å². The minimum atomic E-state index is -0.354. The third kappa shape index (κ3) is 5.93. The molecule has 0 saturated heterocycles. The number of hydrogen-bond acceptors (Lipinski definition) is 4. The van der Waals surface area contributed by atoms with Gasteiger partial charge in [0.2, 0.25) is 0 Å². The van der Waals surface area contributed by atoms with Gasteiger partial charge in [-0.1, -0.05) is 29.3 Å². The number of nitrogens with one attached hydrogen (secondary N) is 2. The Balaban J connectivity index is 1.56. The van der Waals surface area contributed by atoms with Crippen LogP contribution in [0.15, 0.2) is 54.7 Å². The second-order valence-electron chi connectivity index (χ2n) is 6.02. The lowest BCUT2D eigenvalue weighted by Gasteiger charge is -2.09. The van der Waals surface area contributed by atoms with Gasteiger partial charge in [-0.15, -0.1) is 0 Å². The number of rotatable bonds is 6. The number of benzene rings is 2. The SMILES string of the molecule is CCOC(=O)c1ccc(NC(=S)Nc2ccn(Cc3ccc(Cl)c(Cl)c3)n2)cc1. The predicted octanol–water partition coefficient (Wildman–Crippen LogP) is 5.22. The van der Waals surface area contributed by atoms with Crippen LogP contribution in [0, 0.1) is 0 Å². The van der Waals surface area contributed by atoms with Gasteiger partial charge in [-0.2, -0.15) is 5.10 Å². The van der Waals surface area contributed by atoms with E-state index in [4.69, 9.17) is 40.2 Å². The molecular formula is C20H18Cl2N4O2S. The van der Waals surface area contributed by atoms with E-state index in [-0.39, 0.29) is 5.97 Å². The first-order chi connectivity index (χ1) is 13.9. The number of thiocarbonyl (C=S) groups is 1. The lowest BCUT2D eigenvalue weighted by atomic mass is 10.2. The summed E-state index contributed by atoms with van der Waals surface area (Å²) in [5.74, 6) is 0.248. The summed E-state index contributed by atoms with van der Waals surface area (Å²) >= 11 is 17.3. The summed E-state index contributed by atoms with van der Waals surface area (Å²) in [6, 6.07) is 14.1. The van der Waals surface area contributed by atoms with Crippen molar-refractivity contribution >= 4 is 58.0 Å². The van der Waals surface area contributed by atoms with Crippen molar-refractivity contribution in [2.75, 3.05) is 17.2 Å². The van der Waals surface area contributed by atoms with Crippen molar-refractivity contribution in [1.29, 1.82) is 0 Å². The first kappa shape index (κ1) is 21.1. The Kier molecular flexibility index (Phi) is 7.09. The highest BCUT2D eigenvalue weighted by Crippen LogP contribution is 2.23. The minimum absolute atomic E-state index is 0.338. The normalized spacial score (nSPS) is 10.4. The topological polar surface area (TPSA) is 68.2 Å². The Bertz CT molecular complexity index is 1020. The standard InChI is InChI=1S/C20H18Cl2N4O2S/c1-2-28-19(27)14-4-6-15(7-5-14)23-20(29)24-18-9-10-26(25-18)12-13-3-8-16(21)17(22)11-13/h3-11H,2,12H2,1H3,(H2,23,24,25,29). The molecular weight excluding hydrogens is 431 g/mol. The number of nitrogens with zero attached hydrogens (tertiary/aromatic N) is 2. The molecule has 9 heteroatoms. The van der Waals surface area contributed by atoms with Crippen LogP contribution in [-0.4, -0.2) is 27.5 Å². The van der Waals surface area contributed by atoms with E-state index >= 15 is 0 Å². The molecule has 0 saturated carbocycles. The molecule has 1 aromatic heterocycles. The van der Waals surface area contributed by atoms with Gasteiger partial charge in [0.1, 0.15) is 0 Å². The number of ether oxygens (including phenoxy) is 1. The van der Waals surface area contributed by atoms with Gasteiger partial charge in [0.05, 0.1) is 28.8 Å². The maximum atomic E-state index is 11.7. The number of halogens is 2. The molecule has 1 heterocycles. The molecule has 2 aromatic carbocycles. The fourth-order valence-corrected chi connectivity index (χ4v) is 3.07. The van der Waals surface area contributed by atoms with Gasteiger partial charge in [-0.05, 0) is 61.1 Å². The minimum Gasteiger partial charge on any atom is -0.462 e. The van der Waals surface area contributed by atoms with Crippen LogP contribution in [0.25, 0.3) is 0 Å². The van der Waals surface area contributed by atoms with E-state index in [0.29, 0.717) is 39.7 Å². The maximum Gasteiger partial charge on any atom is 0.338 e. The average molecular weight is 449 g/mol. The highest BCUT2D eigenvalue weighted by atomic mass is 35.5. The van der Waals surface area contributed by atoms with Crippen molar-refractivity contribution in [1.82, 2.24) is 9.78 Å². The Hall–Kier alpha value is -2.61. The zero-order valence-corrected chi connectivity index (χ0v) is 17.8. The number of carbonyl (C=O) groups excluding carboxylic acids is 1. The summed E-state index contributed by atoms with van der Waals surface area (Å²) in [6.45, 7) is 2.66. The Labute approximate surface area is 183 Å². The van der Waals surface area contributed by atoms with E-state index in [1.165, 1.54) is 0 Å². The number of anilines is 2. The second kappa shape index (κ2) is 9.73. The van der Waals surface area contributed by atoms with Crippen molar-refractivity contribution in [3.8, 4) is 0 Å². The molecule has 0 unspecified atom stereocenters. The lowest BCUT2D eigenvalue weighted by Crippen LogP contribution is -2.19. The van der Waals surface area contributed by atoms with Crippen molar-refractivity contribution in [3.63, 3.8) is 0 Å². The molecule has 2 N–H and O–H groups in total. The van der Waals surface area contributed by atoms with Crippen LogP contribution in [0.2, 0.25) is 10.0 Å². The van der Waals surface area contributed by atoms with Gasteiger partial charge in [0, 0.05) is 18.0 Å². The van der Waals surface area contributed by atoms with Gasteiger partial charge >= 0.3 is 5.97 Å². The Morgan fingerprint density at radius 2 is 1.86 bits per heavy atom. The highest BCUT2D eigenvalue weighted by Gasteiger charge is 2.07. The van der Waals surface area contributed by atoms with Crippen molar-refractivity contribution in [2.24, 2.45) is 0 Å². The molecule has 3 aromatic rings. The molecule has 3 rings (SSSR count). The van der Waals surface area contributed by atoms with E-state index < -0.39 is 0 Å². The van der Waals surface area contributed by atoms with Crippen LogP contribution < -0.4 is 10.6 Å². The largest absolute Gasteiger partial charge is 0.462 e. The van der Waals surface area contributed by atoms with Crippen LogP contribution in [0.5, 0.6) is 0 Å². The number of hydrogen-bond donors (Lipinski definition) is 2. The molecule has 0 spiro atoms. The molecule has 0 radical (unpaired) electrons. The predicted molar refractivity (Wildman–Crippen MR) is 120 cm³/mol. The number of aromatic nitrogens is 2. The van der Waals surface area contributed by atoms with E-state index in [1.807, 2.05) is 24.4 Å². The average Bonchev–Trinajstić information content (AvgIpc) is 3.12. The summed E-state index contributed by atoms with van der Waals surface area (Å²) in [7, 11) is 0. The van der Waals surface area contributed by atoms with Crippen LogP contribution in [0.4, 0.5) is 11.5 Å². The van der Waals surface area contributed by atoms with Crippen LogP contribution in [0.3, 0.4) is 0 Å². The molecule has 0 aliphatic heterocycles. The maximum absolute atomic E-state index is 11.7. The first-order valence-corrected chi connectivity index (χ1v) is 9.93. The second-order valence-corrected chi connectivity index (χ2v) is 7.25. The lowest BCUT2D eigenvalue weighted by molar-refractivity contribution is 0.0526. The molecule has 0 fully saturated rings. The molecule has 0 aliphatic rings. The third-order valence-electron chi connectivity index (χ3n) is 3.86. The zero-order chi connectivity index (χ0) is 20.8. The van der Waals surface area contributed by atoms with Gasteiger partial charge in [0.15, 0.2) is 10.9 Å². The van der Waals surface area contributed by atoms with Gasteiger partial charge in [-0.25, -0.2) is 4.79 Å². The summed E-state index contributed by atoms with van der Waals surface area (Å²) in [5, 5.41) is 11.9. The number of carbonyl (C=O) groups is 1. The van der Waals surface area contributed by atoms with Gasteiger partial charge in [-0.3, -0.25) is 4.68 Å². The van der Waals surface area contributed by atoms with Crippen molar-refractivity contribution < 1.29 is 9.53 Å². The number of esters is 1. The van der Waals surface area contributed by atoms with E-state index in [1.54, 1.807) is 41.9 Å². The van der Waals surface area contributed by atoms with Gasteiger partial charge < -0.3 is 15.4 Å². The van der Waals surface area contributed by atoms with Crippen LogP contribution in [-0.2, 0) is 11.3 Å². The summed E-state index contributed by atoms with van der Waals surface area (Å²) in [5.41, 5.74) is 2.21.